The summed E-state index contributed by atoms with van der Waals surface area (Å²) in [6.07, 6.45) is 15.5. The molecular formula is C40H72NO12P. The molecule has 13 nitrogen and oxygen atoms in total. The van der Waals surface area contributed by atoms with Gasteiger partial charge in [-0.2, -0.15) is 0 Å². The van der Waals surface area contributed by atoms with Crippen LogP contribution in [0.5, 0.6) is 0 Å². The van der Waals surface area contributed by atoms with Crippen molar-refractivity contribution in [3.63, 3.8) is 0 Å². The molecule has 4 aliphatic rings. The number of carbonyl (C=O) groups excluding carboxylic acids is 1. The molecule has 1 amide bonds. The summed E-state index contributed by atoms with van der Waals surface area (Å²) >= 11 is 0. The molecule has 0 heterocycles. The number of aliphatic hydroxyl groups excluding tert-OH is 1. The van der Waals surface area contributed by atoms with Gasteiger partial charge >= 0.3 is 13.9 Å². The predicted molar refractivity (Wildman–Crippen MR) is 205 cm³/mol. The molecule has 0 aromatic heterocycles. The summed E-state index contributed by atoms with van der Waals surface area (Å²) in [4.78, 5) is 21.5. The summed E-state index contributed by atoms with van der Waals surface area (Å²) in [5.74, 6) is 4.93. The van der Waals surface area contributed by atoms with Crippen LogP contribution in [0, 0.1) is 46.3 Å². The standard InChI is InChI=1S/C40H72NO12P/c1-29(2)8-6-9-30(3)35-12-13-36-34-11-10-31-26-33(14-16-39(31,4)37(34)15-17-40(35,36)5)52-38(43)41-18-7-19-47-20-21-48-22-23-49-24-25-50-27-32(42)28-51-54(45,46)53-44/h10,29-30,32-37,42,44H,6-9,11-28H2,1-5H3,(H,41,43)(H,45,46)/t30-,32?,33+,34?,35-,36?,37?,39+,40-/m0/s1. The van der Waals surface area contributed by atoms with E-state index in [1.807, 2.05) is 0 Å². The van der Waals surface area contributed by atoms with Gasteiger partial charge in [-0.25, -0.2) is 14.6 Å². The molecule has 0 bridgehead atoms. The number of amides is 1. The summed E-state index contributed by atoms with van der Waals surface area (Å²) < 4.78 is 46.1. The third-order valence-electron chi connectivity index (χ3n) is 13.2. The van der Waals surface area contributed by atoms with Gasteiger partial charge in [-0.3, -0.25) is 4.52 Å². The Morgan fingerprint density at radius 2 is 1.57 bits per heavy atom. The Morgan fingerprint density at radius 3 is 2.26 bits per heavy atom. The lowest BCUT2D eigenvalue weighted by Gasteiger charge is -2.58. The van der Waals surface area contributed by atoms with Crippen molar-refractivity contribution in [2.24, 2.45) is 46.3 Å². The molecule has 0 aromatic carbocycles. The summed E-state index contributed by atoms with van der Waals surface area (Å²) in [6.45, 7) is 14.8. The minimum Gasteiger partial charge on any atom is -0.446 e. The molecule has 54 heavy (non-hydrogen) atoms. The number of phosphoric ester groups is 1. The van der Waals surface area contributed by atoms with Crippen molar-refractivity contribution in [3.05, 3.63) is 11.6 Å². The van der Waals surface area contributed by atoms with Crippen LogP contribution in [0.4, 0.5) is 4.79 Å². The summed E-state index contributed by atoms with van der Waals surface area (Å²) in [5.41, 5.74) is 2.28. The zero-order valence-electron chi connectivity index (χ0n) is 33.7. The highest BCUT2D eigenvalue weighted by molar-refractivity contribution is 7.47. The Kier molecular flexibility index (Phi) is 18.7. The monoisotopic (exact) mass is 789 g/mol. The first kappa shape index (κ1) is 45.6. The van der Waals surface area contributed by atoms with Crippen LogP contribution in [-0.2, 0) is 37.4 Å². The second-order valence-corrected chi connectivity index (χ2v) is 18.6. The van der Waals surface area contributed by atoms with Gasteiger partial charge in [0.2, 0.25) is 0 Å². The Labute approximate surface area is 324 Å². The second-order valence-electron chi connectivity index (χ2n) is 17.3. The number of allylic oxidation sites excluding steroid dienone is 1. The Hall–Kier alpha value is -1.12. The van der Waals surface area contributed by atoms with E-state index in [2.05, 4.69) is 55.2 Å². The lowest BCUT2D eigenvalue weighted by Crippen LogP contribution is -2.51. The molecule has 4 rings (SSSR count). The SMILES string of the molecule is CC(C)CCC[C@H](C)[C@@H]1CCC2C3CC=C4C[C@H](OC(=O)NCCCOCCOCCOCCOCC(O)COP(=O)(O)OO)CC[C@@]4(C)C3CC[C@]21C. The molecular weight excluding hydrogens is 717 g/mol. The van der Waals surface area contributed by atoms with Gasteiger partial charge in [0.15, 0.2) is 0 Å². The van der Waals surface area contributed by atoms with Crippen LogP contribution in [0.25, 0.3) is 0 Å². The number of nitrogens with one attached hydrogen (secondary N) is 1. The topological polar surface area (TPSA) is 171 Å². The Morgan fingerprint density at radius 1 is 0.889 bits per heavy atom. The van der Waals surface area contributed by atoms with Gasteiger partial charge in [0, 0.05) is 19.6 Å². The summed E-state index contributed by atoms with van der Waals surface area (Å²) in [5, 5.41) is 20.7. The van der Waals surface area contributed by atoms with Gasteiger partial charge in [0.05, 0.1) is 52.9 Å². The van der Waals surface area contributed by atoms with Gasteiger partial charge in [-0.15, -0.1) is 4.67 Å². The third kappa shape index (κ3) is 13.2. The first-order valence-corrected chi connectivity index (χ1v) is 22.2. The van der Waals surface area contributed by atoms with Crippen LogP contribution in [0.1, 0.15) is 112 Å². The minimum atomic E-state index is -4.56. The van der Waals surface area contributed by atoms with Gasteiger partial charge in [-0.1, -0.05) is 65.5 Å². The van der Waals surface area contributed by atoms with Crippen molar-refractivity contribution < 1.29 is 57.5 Å². The van der Waals surface area contributed by atoms with Crippen molar-refractivity contribution >= 4 is 13.9 Å². The van der Waals surface area contributed by atoms with Crippen molar-refractivity contribution in [1.82, 2.24) is 5.32 Å². The molecule has 0 spiro atoms. The highest BCUT2D eigenvalue weighted by Crippen LogP contribution is 2.67. The molecule has 10 atom stereocenters. The Balaban J connectivity index is 1.02. The molecule has 4 aliphatic carbocycles. The number of hydrogen-bond acceptors (Lipinski definition) is 11. The maximum Gasteiger partial charge on any atom is 0.499 e. The van der Waals surface area contributed by atoms with Gasteiger partial charge in [-0.05, 0) is 97.7 Å². The van der Waals surface area contributed by atoms with Crippen LogP contribution < -0.4 is 5.32 Å². The van der Waals surface area contributed by atoms with Crippen molar-refractivity contribution in [1.29, 1.82) is 0 Å². The number of aliphatic hydroxyl groups is 1. The number of carbonyl (C=O) groups is 1. The van der Waals surface area contributed by atoms with Crippen LogP contribution in [0.15, 0.2) is 11.6 Å². The van der Waals surface area contributed by atoms with E-state index in [0.29, 0.717) is 51.4 Å². The van der Waals surface area contributed by atoms with Crippen molar-refractivity contribution in [3.8, 4) is 0 Å². The number of fused-ring (bicyclic) bond motifs is 5. The third-order valence-corrected chi connectivity index (χ3v) is 13.9. The van der Waals surface area contributed by atoms with E-state index in [1.165, 1.54) is 51.4 Å². The molecule has 14 heteroatoms. The fourth-order valence-electron chi connectivity index (χ4n) is 10.4. The molecule has 4 N–H and O–H groups in total. The van der Waals surface area contributed by atoms with E-state index in [9.17, 15) is 14.5 Å². The average Bonchev–Trinajstić information content (AvgIpc) is 3.49. The molecule has 3 fully saturated rings. The van der Waals surface area contributed by atoms with Crippen LogP contribution >= 0.6 is 7.82 Å². The molecule has 0 aliphatic heterocycles. The first-order valence-electron chi connectivity index (χ1n) is 20.7. The number of alkyl carbamates (subject to hydrolysis) is 1. The molecule has 0 aromatic rings. The molecule has 0 radical (unpaired) electrons. The highest BCUT2D eigenvalue weighted by Gasteiger charge is 2.59. The largest absolute Gasteiger partial charge is 0.499 e. The lowest BCUT2D eigenvalue weighted by atomic mass is 9.47. The van der Waals surface area contributed by atoms with Crippen LogP contribution in [0.2, 0.25) is 0 Å². The van der Waals surface area contributed by atoms with Gasteiger partial charge < -0.3 is 39.0 Å². The fourth-order valence-corrected chi connectivity index (χ4v) is 10.8. The zero-order valence-corrected chi connectivity index (χ0v) is 34.6. The first-order chi connectivity index (χ1) is 25.8. The van der Waals surface area contributed by atoms with E-state index in [1.54, 1.807) is 5.57 Å². The number of ether oxygens (including phenoxy) is 5. The van der Waals surface area contributed by atoms with E-state index in [4.69, 9.17) is 33.8 Å². The van der Waals surface area contributed by atoms with E-state index >= 15 is 0 Å². The fraction of sp³-hybridized carbons (Fsp3) is 0.925. The highest BCUT2D eigenvalue weighted by atomic mass is 31.2. The van der Waals surface area contributed by atoms with Crippen LogP contribution in [0.3, 0.4) is 0 Å². The normalized spacial score (nSPS) is 31.5. The molecule has 0 saturated heterocycles. The maximum absolute atomic E-state index is 12.7. The van der Waals surface area contributed by atoms with E-state index in [0.717, 1.165) is 54.8 Å². The Bertz CT molecular complexity index is 1210. The van der Waals surface area contributed by atoms with Crippen molar-refractivity contribution in [2.75, 3.05) is 66.0 Å². The maximum atomic E-state index is 12.7. The second kappa shape index (κ2) is 22.1. The lowest BCUT2D eigenvalue weighted by molar-refractivity contribution is -0.164. The van der Waals surface area contributed by atoms with Crippen molar-refractivity contribution in [2.45, 2.75) is 124 Å². The quantitative estimate of drug-likeness (QED) is 0.0236. The van der Waals surface area contributed by atoms with Gasteiger partial charge in [0.1, 0.15) is 12.2 Å². The summed E-state index contributed by atoms with van der Waals surface area (Å²) in [7, 11) is -4.56. The molecule has 5 unspecified atom stereocenters. The average molecular weight is 790 g/mol. The predicted octanol–water partition coefficient (Wildman–Crippen LogP) is 7.55. The summed E-state index contributed by atoms with van der Waals surface area (Å²) in [6, 6.07) is 0. The minimum absolute atomic E-state index is 0.0561. The van der Waals surface area contributed by atoms with E-state index in [-0.39, 0.29) is 37.4 Å². The van der Waals surface area contributed by atoms with E-state index < -0.39 is 20.5 Å². The van der Waals surface area contributed by atoms with Gasteiger partial charge in [0.25, 0.3) is 0 Å². The number of rotatable bonds is 25. The van der Waals surface area contributed by atoms with Crippen LogP contribution in [-0.4, -0.2) is 99.6 Å². The number of hydrogen-bond donors (Lipinski definition) is 4. The molecule has 314 valence electrons. The molecule has 3 saturated carbocycles. The zero-order chi connectivity index (χ0) is 39.2. The smallest absolute Gasteiger partial charge is 0.446 e. The number of phosphoric acid groups is 1.